The van der Waals surface area contributed by atoms with Gasteiger partial charge in [-0.15, -0.1) is 0 Å². The summed E-state index contributed by atoms with van der Waals surface area (Å²) in [5, 5.41) is 50.8. The van der Waals surface area contributed by atoms with Gasteiger partial charge in [-0.2, -0.15) is 0 Å². The Balaban J connectivity index is 1.75. The van der Waals surface area contributed by atoms with E-state index in [1.165, 1.54) is 45.6 Å². The van der Waals surface area contributed by atoms with E-state index in [1.54, 1.807) is 18.2 Å². The summed E-state index contributed by atoms with van der Waals surface area (Å²) in [5.41, 5.74) is 0.917. The van der Waals surface area contributed by atoms with Gasteiger partial charge >= 0.3 is 0 Å². The minimum Gasteiger partial charge on any atom is -0.508 e. The van der Waals surface area contributed by atoms with Crippen LogP contribution in [-0.4, -0.2) is 53.5 Å². The van der Waals surface area contributed by atoms with Gasteiger partial charge in [0.25, 0.3) is 0 Å². The maximum atomic E-state index is 12.7. The highest BCUT2D eigenvalue weighted by Gasteiger charge is 2.26. The van der Waals surface area contributed by atoms with E-state index in [2.05, 4.69) is 0 Å². The first-order valence-electron chi connectivity index (χ1n) is 11.6. The second kappa shape index (κ2) is 10.9. The highest BCUT2D eigenvalue weighted by atomic mass is 16.5. The molecule has 0 aliphatic carbocycles. The number of aromatic hydroxyl groups is 3. The molecule has 0 aliphatic heterocycles. The third-order valence-corrected chi connectivity index (χ3v) is 6.38. The summed E-state index contributed by atoms with van der Waals surface area (Å²) in [6.45, 7) is -0.370. The Labute approximate surface area is 217 Å². The van der Waals surface area contributed by atoms with Gasteiger partial charge in [0.05, 0.1) is 27.4 Å². The molecule has 0 bridgehead atoms. The van der Waals surface area contributed by atoms with Crippen molar-refractivity contribution in [1.82, 2.24) is 0 Å². The van der Waals surface area contributed by atoms with Crippen molar-refractivity contribution in [2.24, 2.45) is 5.92 Å². The zero-order valence-corrected chi connectivity index (χ0v) is 21.0. The van der Waals surface area contributed by atoms with Crippen LogP contribution in [0.4, 0.5) is 0 Å². The van der Waals surface area contributed by atoms with Crippen molar-refractivity contribution < 1.29 is 44.2 Å². The van der Waals surface area contributed by atoms with Crippen molar-refractivity contribution in [3.63, 3.8) is 0 Å². The van der Waals surface area contributed by atoms with Gasteiger partial charge in [0.1, 0.15) is 39.7 Å². The summed E-state index contributed by atoms with van der Waals surface area (Å²) in [6, 6.07) is 11.2. The summed E-state index contributed by atoms with van der Waals surface area (Å²) in [5.74, 6) is -0.367. The van der Waals surface area contributed by atoms with Crippen LogP contribution in [0.1, 0.15) is 17.2 Å². The molecule has 4 aromatic rings. The molecule has 0 fully saturated rings. The minimum atomic E-state index is -1.11. The van der Waals surface area contributed by atoms with Gasteiger partial charge in [-0.3, -0.25) is 4.79 Å². The fraction of sp³-hybridized carbons (Fsp3) is 0.250. The second-order valence-corrected chi connectivity index (χ2v) is 8.70. The zero-order valence-electron chi connectivity index (χ0n) is 21.0. The molecule has 0 saturated heterocycles. The van der Waals surface area contributed by atoms with E-state index < -0.39 is 23.2 Å². The van der Waals surface area contributed by atoms with E-state index in [-0.39, 0.29) is 47.0 Å². The van der Waals surface area contributed by atoms with Crippen molar-refractivity contribution in [3.05, 3.63) is 69.9 Å². The van der Waals surface area contributed by atoms with E-state index in [4.69, 9.17) is 18.6 Å². The lowest BCUT2D eigenvalue weighted by atomic mass is 9.89. The van der Waals surface area contributed by atoms with Crippen LogP contribution in [0.3, 0.4) is 0 Å². The fourth-order valence-corrected chi connectivity index (χ4v) is 4.41. The average molecular weight is 525 g/mol. The van der Waals surface area contributed by atoms with E-state index in [0.717, 1.165) is 6.07 Å². The third kappa shape index (κ3) is 5.04. The molecule has 0 spiro atoms. The SMILES string of the molecule is COc1cc(C(O)[C@H](CO)Cc2c(OC)cc(-c3cc(=O)c4c(O)cc(O)cc4o3)cc2OC)ccc1O. The van der Waals surface area contributed by atoms with Gasteiger partial charge in [-0.25, -0.2) is 0 Å². The Morgan fingerprint density at radius 3 is 2.11 bits per heavy atom. The van der Waals surface area contributed by atoms with Crippen LogP contribution in [0.15, 0.2) is 57.7 Å². The van der Waals surface area contributed by atoms with Crippen LogP contribution in [0.25, 0.3) is 22.3 Å². The van der Waals surface area contributed by atoms with E-state index in [9.17, 15) is 30.3 Å². The molecule has 3 aromatic carbocycles. The predicted molar refractivity (Wildman–Crippen MR) is 138 cm³/mol. The van der Waals surface area contributed by atoms with Crippen LogP contribution in [0, 0.1) is 5.92 Å². The highest BCUT2D eigenvalue weighted by molar-refractivity contribution is 5.86. The number of aliphatic hydroxyl groups excluding tert-OH is 2. The van der Waals surface area contributed by atoms with Crippen LogP contribution in [0.2, 0.25) is 0 Å². The van der Waals surface area contributed by atoms with Crippen molar-refractivity contribution in [2.45, 2.75) is 12.5 Å². The van der Waals surface area contributed by atoms with Gasteiger partial charge in [0.15, 0.2) is 16.9 Å². The molecule has 1 heterocycles. The van der Waals surface area contributed by atoms with Gasteiger partial charge in [-0.1, -0.05) is 6.07 Å². The summed E-state index contributed by atoms with van der Waals surface area (Å²) in [7, 11) is 4.29. The number of benzene rings is 3. The first-order chi connectivity index (χ1) is 18.2. The molecule has 38 heavy (non-hydrogen) atoms. The highest BCUT2D eigenvalue weighted by Crippen LogP contribution is 2.40. The Kier molecular flexibility index (Phi) is 7.65. The molecule has 5 N–H and O–H groups in total. The number of ether oxygens (including phenoxy) is 3. The number of hydrogen-bond donors (Lipinski definition) is 5. The number of fused-ring (bicyclic) bond motifs is 1. The molecule has 0 amide bonds. The normalized spacial score (nSPS) is 12.8. The smallest absolute Gasteiger partial charge is 0.197 e. The molecule has 2 atom stereocenters. The van der Waals surface area contributed by atoms with Crippen LogP contribution >= 0.6 is 0 Å². The maximum Gasteiger partial charge on any atom is 0.197 e. The lowest BCUT2D eigenvalue weighted by molar-refractivity contribution is 0.0660. The maximum absolute atomic E-state index is 12.7. The molecule has 0 aliphatic rings. The minimum absolute atomic E-state index is 0.000182. The Morgan fingerprint density at radius 2 is 1.50 bits per heavy atom. The number of phenols is 3. The van der Waals surface area contributed by atoms with Crippen molar-refractivity contribution in [3.8, 4) is 45.8 Å². The average Bonchev–Trinajstić information content (AvgIpc) is 2.90. The third-order valence-electron chi connectivity index (χ3n) is 6.38. The first-order valence-corrected chi connectivity index (χ1v) is 11.6. The molecule has 10 nitrogen and oxygen atoms in total. The van der Waals surface area contributed by atoms with Crippen molar-refractivity contribution >= 4 is 11.0 Å². The molecular formula is C28H28O10. The lowest BCUT2D eigenvalue weighted by Gasteiger charge is -2.24. The Morgan fingerprint density at radius 1 is 0.842 bits per heavy atom. The van der Waals surface area contributed by atoms with Gasteiger partial charge in [0, 0.05) is 41.9 Å². The standard InChI is InChI=1S/C28H28O10/c1-35-23-8-15(22-12-21(33)27-20(32)10-17(30)11-26(27)38-22)9-24(36-2)18(23)6-16(13-29)28(34)14-4-5-19(31)25(7-14)37-3/h4-5,7-12,16,28-32,34H,6,13H2,1-3H3/t16-,28?/m0/s1. The fourth-order valence-electron chi connectivity index (χ4n) is 4.41. The molecular weight excluding hydrogens is 496 g/mol. The summed E-state index contributed by atoms with van der Waals surface area (Å²) >= 11 is 0. The van der Waals surface area contributed by atoms with Gasteiger partial charge < -0.3 is 44.2 Å². The number of aliphatic hydroxyl groups is 2. The van der Waals surface area contributed by atoms with Crippen molar-refractivity contribution in [2.75, 3.05) is 27.9 Å². The van der Waals surface area contributed by atoms with Crippen LogP contribution < -0.4 is 19.6 Å². The number of hydrogen-bond acceptors (Lipinski definition) is 10. The quantitative estimate of drug-likeness (QED) is 0.219. The van der Waals surface area contributed by atoms with Crippen LogP contribution in [-0.2, 0) is 6.42 Å². The Bertz CT molecular complexity index is 1500. The second-order valence-electron chi connectivity index (χ2n) is 8.70. The van der Waals surface area contributed by atoms with Crippen molar-refractivity contribution in [1.29, 1.82) is 0 Å². The molecule has 10 heteroatoms. The Hall–Kier alpha value is -4.41. The monoisotopic (exact) mass is 524 g/mol. The topological polar surface area (TPSA) is 159 Å². The van der Waals surface area contributed by atoms with E-state index in [1.807, 2.05) is 0 Å². The number of phenolic OH excluding ortho intramolecular Hbond substituents is 3. The number of rotatable bonds is 9. The molecule has 0 saturated carbocycles. The van der Waals surface area contributed by atoms with Crippen LogP contribution in [0.5, 0.6) is 34.5 Å². The molecule has 1 unspecified atom stereocenters. The largest absolute Gasteiger partial charge is 0.508 e. The zero-order chi connectivity index (χ0) is 27.6. The lowest BCUT2D eigenvalue weighted by Crippen LogP contribution is -2.20. The molecule has 4 rings (SSSR count). The van der Waals surface area contributed by atoms with E-state index >= 15 is 0 Å². The van der Waals surface area contributed by atoms with Gasteiger partial charge in [-0.05, 0) is 36.2 Å². The summed E-state index contributed by atoms with van der Waals surface area (Å²) < 4.78 is 22.1. The van der Waals surface area contributed by atoms with E-state index in [0.29, 0.717) is 28.2 Å². The molecule has 0 radical (unpaired) electrons. The first kappa shape index (κ1) is 26.6. The molecule has 1 aromatic heterocycles. The summed E-state index contributed by atoms with van der Waals surface area (Å²) in [4.78, 5) is 12.7. The van der Waals surface area contributed by atoms with Gasteiger partial charge in [0.2, 0.25) is 0 Å². The predicted octanol–water partition coefficient (Wildman–Crippen LogP) is 3.49. The number of methoxy groups -OCH3 is 3. The molecule has 200 valence electrons. The summed E-state index contributed by atoms with van der Waals surface area (Å²) in [6.07, 6.45) is -0.959.